The highest BCUT2D eigenvalue weighted by atomic mass is 16.5. The zero-order valence-electron chi connectivity index (χ0n) is 38.3. The predicted molar refractivity (Wildman–Crippen MR) is 261 cm³/mol. The smallest absolute Gasteiger partial charge is 0.235 e. The summed E-state index contributed by atoms with van der Waals surface area (Å²) in [5, 5.41) is 36.9. The molecule has 2 atom stereocenters. The lowest BCUT2D eigenvalue weighted by molar-refractivity contribution is -0.144. The lowest BCUT2D eigenvalue weighted by atomic mass is 9.75. The van der Waals surface area contributed by atoms with Crippen LogP contribution < -0.4 is 29.6 Å². The van der Waals surface area contributed by atoms with Crippen molar-refractivity contribution >= 4 is 33.4 Å². The van der Waals surface area contributed by atoms with E-state index in [0.717, 1.165) is 21.5 Å². The standard InChI is InChI=1S/C57H54N2O8/c1-55(2,53(60)58-51(49-19-11-15-37-13-7-9-17-47(37)49)56(62,39-21-29-43(64-3)30-22-39)40-23-31-44(65-4)32-24-40)54(61)59-52(50-20-12-16-38-14-8-10-18-48(38)50)57(63,41-25-33-45(66-5)34-26-41)42-27-35-46(67-6)36-28-42/h7-36,51-52,62-63H,1-6H3,(H,58,60)(H,59,61)/t51-,52-/m1/s1. The largest absolute Gasteiger partial charge is 0.497 e. The number of hydrogen-bond donors (Lipinski definition) is 4. The molecule has 340 valence electrons. The van der Waals surface area contributed by atoms with Crippen LogP contribution >= 0.6 is 0 Å². The zero-order chi connectivity index (χ0) is 47.3. The normalized spacial score (nSPS) is 12.8. The van der Waals surface area contributed by atoms with Crippen LogP contribution in [0, 0.1) is 5.41 Å². The molecule has 0 fully saturated rings. The molecule has 8 rings (SSSR count). The minimum Gasteiger partial charge on any atom is -0.497 e. The van der Waals surface area contributed by atoms with Crippen molar-refractivity contribution in [2.45, 2.75) is 37.1 Å². The summed E-state index contributed by atoms with van der Waals surface area (Å²) in [6.45, 7) is 3.08. The summed E-state index contributed by atoms with van der Waals surface area (Å²) in [5.41, 5.74) is -2.64. The van der Waals surface area contributed by atoms with Crippen molar-refractivity contribution in [1.82, 2.24) is 10.6 Å². The average molecular weight is 895 g/mol. The molecule has 2 amide bonds. The predicted octanol–water partition coefficient (Wildman–Crippen LogP) is 9.94. The van der Waals surface area contributed by atoms with Crippen LogP contribution in [0.25, 0.3) is 21.5 Å². The molecule has 8 aromatic rings. The Hall–Kier alpha value is -7.66. The molecule has 0 radical (unpaired) electrons. The molecule has 0 saturated heterocycles. The number of aliphatic hydroxyl groups is 2. The fourth-order valence-corrected chi connectivity index (χ4v) is 8.93. The molecule has 0 aromatic heterocycles. The summed E-state index contributed by atoms with van der Waals surface area (Å²) >= 11 is 0. The number of ether oxygens (including phenoxy) is 4. The van der Waals surface area contributed by atoms with Crippen molar-refractivity contribution in [1.29, 1.82) is 0 Å². The zero-order valence-corrected chi connectivity index (χ0v) is 38.3. The Bertz CT molecular complexity index is 2690. The molecule has 10 heteroatoms. The maximum Gasteiger partial charge on any atom is 0.235 e. The number of amides is 2. The third kappa shape index (κ3) is 8.65. The van der Waals surface area contributed by atoms with Crippen LogP contribution in [0.1, 0.15) is 59.3 Å². The van der Waals surface area contributed by atoms with E-state index in [9.17, 15) is 10.2 Å². The quantitative estimate of drug-likeness (QED) is 0.0705. The van der Waals surface area contributed by atoms with E-state index in [0.29, 0.717) is 56.4 Å². The van der Waals surface area contributed by atoms with Gasteiger partial charge in [0.15, 0.2) is 0 Å². The van der Waals surface area contributed by atoms with Gasteiger partial charge in [0, 0.05) is 0 Å². The maximum absolute atomic E-state index is 15.4. The summed E-state index contributed by atoms with van der Waals surface area (Å²) in [7, 11) is 6.26. The topological polar surface area (TPSA) is 136 Å². The molecule has 0 unspecified atom stereocenters. The van der Waals surface area contributed by atoms with Gasteiger partial charge in [0.25, 0.3) is 0 Å². The molecule has 0 bridgehead atoms. The molecule has 0 saturated carbocycles. The number of carbonyl (C=O) groups is 2. The van der Waals surface area contributed by atoms with Gasteiger partial charge in [-0.2, -0.15) is 0 Å². The highest BCUT2D eigenvalue weighted by Crippen LogP contribution is 2.47. The van der Waals surface area contributed by atoms with Crippen LogP contribution in [0.5, 0.6) is 23.0 Å². The first-order valence-electron chi connectivity index (χ1n) is 22.0. The third-order valence-corrected chi connectivity index (χ3v) is 12.9. The molecule has 0 aliphatic heterocycles. The van der Waals surface area contributed by atoms with Crippen LogP contribution in [0.3, 0.4) is 0 Å². The van der Waals surface area contributed by atoms with Crippen molar-refractivity contribution in [3.8, 4) is 23.0 Å². The van der Waals surface area contributed by atoms with E-state index in [1.54, 1.807) is 126 Å². The van der Waals surface area contributed by atoms with E-state index in [4.69, 9.17) is 18.9 Å². The minimum atomic E-state index is -1.93. The van der Waals surface area contributed by atoms with Gasteiger partial charge in [-0.25, -0.2) is 0 Å². The molecule has 0 spiro atoms. The van der Waals surface area contributed by atoms with Crippen LogP contribution in [0.2, 0.25) is 0 Å². The van der Waals surface area contributed by atoms with E-state index in [-0.39, 0.29) is 0 Å². The number of carbonyl (C=O) groups excluding carboxylic acids is 2. The summed E-state index contributed by atoms with van der Waals surface area (Å²) in [6.07, 6.45) is 0. The van der Waals surface area contributed by atoms with Crippen molar-refractivity contribution in [3.63, 3.8) is 0 Å². The first-order chi connectivity index (χ1) is 32.4. The van der Waals surface area contributed by atoms with Gasteiger partial charge in [-0.3, -0.25) is 9.59 Å². The van der Waals surface area contributed by atoms with Crippen molar-refractivity contribution in [2.75, 3.05) is 28.4 Å². The second-order valence-corrected chi connectivity index (χ2v) is 17.0. The van der Waals surface area contributed by atoms with Gasteiger partial charge >= 0.3 is 0 Å². The summed E-state index contributed by atoms with van der Waals surface area (Å²) in [4.78, 5) is 30.8. The second kappa shape index (κ2) is 19.1. The molecule has 0 heterocycles. The lowest BCUT2D eigenvalue weighted by Crippen LogP contribution is -2.55. The Balaban J connectivity index is 1.28. The van der Waals surface area contributed by atoms with Gasteiger partial charge < -0.3 is 39.8 Å². The second-order valence-electron chi connectivity index (χ2n) is 17.0. The Morgan fingerprint density at radius 2 is 0.672 bits per heavy atom. The third-order valence-electron chi connectivity index (χ3n) is 12.9. The van der Waals surface area contributed by atoms with Crippen LogP contribution in [-0.4, -0.2) is 50.5 Å². The highest BCUT2D eigenvalue weighted by Gasteiger charge is 2.49. The fourth-order valence-electron chi connectivity index (χ4n) is 8.93. The SMILES string of the molecule is COc1ccc(C(O)(c2ccc(OC)cc2)[C@H](NC(=O)C(C)(C)C(=O)N[C@H](c2cccc3ccccc23)C(O)(c2ccc(OC)cc2)c2ccc(OC)cc2)c2cccc3ccccc23)cc1. The number of methoxy groups -OCH3 is 4. The Labute approximate surface area is 390 Å². The first kappa shape index (κ1) is 45.9. The van der Waals surface area contributed by atoms with Gasteiger partial charge in [-0.1, -0.05) is 133 Å². The van der Waals surface area contributed by atoms with Crippen molar-refractivity contribution < 1.29 is 38.7 Å². The first-order valence-corrected chi connectivity index (χ1v) is 22.0. The lowest BCUT2D eigenvalue weighted by Gasteiger charge is -2.41. The number of rotatable bonds is 16. The molecule has 0 aliphatic rings. The van der Waals surface area contributed by atoms with Crippen LogP contribution in [0.15, 0.2) is 182 Å². The Morgan fingerprint density at radius 3 is 0.955 bits per heavy atom. The van der Waals surface area contributed by atoms with Gasteiger partial charge in [0.1, 0.15) is 39.6 Å². The number of nitrogens with one attached hydrogen (secondary N) is 2. The monoisotopic (exact) mass is 894 g/mol. The van der Waals surface area contributed by atoms with Crippen LogP contribution in [0.4, 0.5) is 0 Å². The van der Waals surface area contributed by atoms with Gasteiger partial charge in [-0.05, 0) is 117 Å². The minimum absolute atomic E-state index is 0.457. The fraction of sp³-hybridized carbons (Fsp3) is 0.193. The number of hydrogen-bond acceptors (Lipinski definition) is 8. The van der Waals surface area contributed by atoms with Crippen molar-refractivity contribution in [2.24, 2.45) is 5.41 Å². The molecular weight excluding hydrogens is 841 g/mol. The molecule has 0 aliphatic carbocycles. The molecule has 10 nitrogen and oxygen atoms in total. The Morgan fingerprint density at radius 1 is 0.403 bits per heavy atom. The average Bonchev–Trinajstić information content (AvgIpc) is 3.38. The molecular formula is C57H54N2O8. The molecule has 4 N–H and O–H groups in total. The van der Waals surface area contributed by atoms with E-state index in [2.05, 4.69) is 10.6 Å². The van der Waals surface area contributed by atoms with E-state index < -0.39 is 40.5 Å². The van der Waals surface area contributed by atoms with E-state index in [1.807, 2.05) is 84.9 Å². The van der Waals surface area contributed by atoms with Gasteiger partial charge in [0.2, 0.25) is 11.8 Å². The molecule has 67 heavy (non-hydrogen) atoms. The van der Waals surface area contributed by atoms with E-state index in [1.165, 1.54) is 13.8 Å². The summed E-state index contributed by atoms with van der Waals surface area (Å²) in [6, 6.07) is 52.7. The summed E-state index contributed by atoms with van der Waals surface area (Å²) in [5.74, 6) is 0.947. The Kier molecular flexibility index (Phi) is 13.0. The van der Waals surface area contributed by atoms with Gasteiger partial charge in [-0.15, -0.1) is 0 Å². The highest BCUT2D eigenvalue weighted by molar-refractivity contribution is 6.05. The van der Waals surface area contributed by atoms with Crippen molar-refractivity contribution in [3.05, 3.63) is 215 Å². The number of benzene rings is 8. The van der Waals surface area contributed by atoms with Crippen LogP contribution in [-0.2, 0) is 20.8 Å². The molecule has 8 aromatic carbocycles. The number of fused-ring (bicyclic) bond motifs is 2. The van der Waals surface area contributed by atoms with E-state index >= 15 is 9.59 Å². The van der Waals surface area contributed by atoms with Gasteiger partial charge in [0.05, 0.1) is 40.5 Å². The summed E-state index contributed by atoms with van der Waals surface area (Å²) < 4.78 is 22.0. The maximum atomic E-state index is 15.4.